The van der Waals surface area contributed by atoms with Crippen molar-refractivity contribution in [3.8, 4) is 0 Å². The first-order chi connectivity index (χ1) is 52.5. The highest BCUT2D eigenvalue weighted by atomic mass is 31.2. The van der Waals surface area contributed by atoms with Crippen molar-refractivity contribution in [2.24, 2.45) is 5.92 Å². The van der Waals surface area contributed by atoms with E-state index in [1.807, 2.05) is 0 Å². The van der Waals surface area contributed by atoms with Gasteiger partial charge in [-0.25, -0.2) is 9.13 Å². The van der Waals surface area contributed by atoms with E-state index in [1.54, 1.807) is 0 Å². The van der Waals surface area contributed by atoms with E-state index in [2.05, 4.69) is 34.6 Å². The molecule has 0 aromatic heterocycles. The lowest BCUT2D eigenvalue weighted by atomic mass is 10.0. The summed E-state index contributed by atoms with van der Waals surface area (Å²) in [5.41, 5.74) is 0. The molecular formula is C89H174O17P2. The van der Waals surface area contributed by atoms with Gasteiger partial charge in [-0.3, -0.25) is 37.3 Å². The lowest BCUT2D eigenvalue weighted by Crippen LogP contribution is -2.30. The summed E-state index contributed by atoms with van der Waals surface area (Å²) in [6.45, 7) is 7.32. The van der Waals surface area contributed by atoms with E-state index in [0.717, 1.165) is 102 Å². The molecule has 0 rings (SSSR count). The van der Waals surface area contributed by atoms with Crippen LogP contribution in [0, 0.1) is 5.92 Å². The van der Waals surface area contributed by atoms with Gasteiger partial charge in [-0.15, -0.1) is 0 Å². The van der Waals surface area contributed by atoms with Gasteiger partial charge in [-0.1, -0.05) is 433 Å². The summed E-state index contributed by atoms with van der Waals surface area (Å²) >= 11 is 0. The second-order valence-electron chi connectivity index (χ2n) is 32.5. The van der Waals surface area contributed by atoms with Gasteiger partial charge in [0.2, 0.25) is 0 Å². The van der Waals surface area contributed by atoms with Gasteiger partial charge >= 0.3 is 39.5 Å². The largest absolute Gasteiger partial charge is 0.472 e. The Bertz CT molecular complexity index is 2050. The number of aliphatic hydroxyl groups excluding tert-OH is 1. The highest BCUT2D eigenvalue weighted by molar-refractivity contribution is 7.47. The average Bonchev–Trinajstić information content (AvgIpc) is 0.901. The third-order valence-electron chi connectivity index (χ3n) is 21.0. The Kier molecular flexibility index (Phi) is 80.2. The molecule has 17 nitrogen and oxygen atoms in total. The van der Waals surface area contributed by atoms with Crippen LogP contribution in [-0.4, -0.2) is 96.7 Å². The van der Waals surface area contributed by atoms with Crippen molar-refractivity contribution in [1.82, 2.24) is 0 Å². The highest BCUT2D eigenvalue weighted by Crippen LogP contribution is 2.45. The van der Waals surface area contributed by atoms with Gasteiger partial charge in [-0.2, -0.15) is 0 Å². The number of carbonyl (C=O) groups is 4. The maximum Gasteiger partial charge on any atom is 0.472 e. The molecule has 0 aliphatic rings. The standard InChI is InChI=1S/C89H174O17P2/c1-6-9-12-15-17-19-21-23-25-27-29-31-32-34-40-44-48-52-56-60-65-70-75-89(94)106-85(79-100-87(92)73-68-63-58-54-50-46-42-38-36-35-37-41-45-49-53-57-62-66-71-82(4)5)81-104-108(97,98)102-77-83(90)76-101-107(95,96)103-80-84(78-99-86(91)72-67-61-14-11-8-3)105-88(93)74-69-64-59-55-51-47-43-39-33-30-28-26-24-22-20-18-16-13-10-7-2/h82-85,90H,6-81H2,1-5H3,(H,95,96)(H,97,98)/t83-,84+,85+/m0/s1. The number of aliphatic hydroxyl groups is 1. The zero-order valence-corrected chi connectivity index (χ0v) is 72.8. The van der Waals surface area contributed by atoms with Crippen molar-refractivity contribution < 1.29 is 80.2 Å². The lowest BCUT2D eigenvalue weighted by Gasteiger charge is -2.21. The molecule has 0 aliphatic carbocycles. The Morgan fingerprint density at radius 1 is 0.250 bits per heavy atom. The SMILES string of the molecule is CCCCCCCCCCCCCCCCCCCCCCCCC(=O)O[C@H](COC(=O)CCCCCCCCCCCCCCCCCCCCC(C)C)COP(=O)(O)OC[C@@H](O)COP(=O)(O)OC[C@@H](COC(=O)CCCCCCC)OC(=O)CCCCCCCCCCCCCCCCCCCCCC. The minimum Gasteiger partial charge on any atom is -0.462 e. The van der Waals surface area contributed by atoms with Crippen LogP contribution >= 0.6 is 15.6 Å². The van der Waals surface area contributed by atoms with Crippen molar-refractivity contribution in [3.05, 3.63) is 0 Å². The highest BCUT2D eigenvalue weighted by Gasteiger charge is 2.30. The smallest absolute Gasteiger partial charge is 0.462 e. The third-order valence-corrected chi connectivity index (χ3v) is 22.9. The number of hydrogen-bond acceptors (Lipinski definition) is 15. The Morgan fingerprint density at radius 3 is 0.630 bits per heavy atom. The summed E-state index contributed by atoms with van der Waals surface area (Å²) in [6.07, 6.45) is 77.1. The number of rotatable bonds is 89. The van der Waals surface area contributed by atoms with E-state index < -0.39 is 97.5 Å². The topological polar surface area (TPSA) is 237 Å². The molecule has 0 aromatic carbocycles. The Labute approximate surface area is 664 Å². The molecule has 0 fully saturated rings. The molecule has 0 radical (unpaired) electrons. The first kappa shape index (κ1) is 106. The summed E-state index contributed by atoms with van der Waals surface area (Å²) in [4.78, 5) is 73.0. The quantitative estimate of drug-likeness (QED) is 0.0222. The zero-order valence-electron chi connectivity index (χ0n) is 71.0. The second-order valence-corrected chi connectivity index (χ2v) is 35.4. The number of unbranched alkanes of at least 4 members (excludes halogenated alkanes) is 61. The number of carbonyl (C=O) groups excluding carboxylic acids is 4. The van der Waals surface area contributed by atoms with Crippen LogP contribution in [0.25, 0.3) is 0 Å². The molecule has 0 saturated carbocycles. The van der Waals surface area contributed by atoms with Crippen molar-refractivity contribution in [2.45, 2.75) is 502 Å². The number of phosphoric acid groups is 2. The number of ether oxygens (including phenoxy) is 4. The lowest BCUT2D eigenvalue weighted by molar-refractivity contribution is -0.161. The Balaban J connectivity index is 5.08. The van der Waals surface area contributed by atoms with Crippen molar-refractivity contribution in [1.29, 1.82) is 0 Å². The Morgan fingerprint density at radius 2 is 0.426 bits per heavy atom. The molecule has 0 amide bonds. The molecule has 108 heavy (non-hydrogen) atoms. The molecule has 642 valence electrons. The van der Waals surface area contributed by atoms with Gasteiger partial charge < -0.3 is 33.8 Å². The zero-order chi connectivity index (χ0) is 79.0. The fourth-order valence-electron chi connectivity index (χ4n) is 14.0. The molecule has 0 aliphatic heterocycles. The van der Waals surface area contributed by atoms with Gasteiger partial charge in [0.05, 0.1) is 26.4 Å². The predicted molar refractivity (Wildman–Crippen MR) is 446 cm³/mol. The summed E-state index contributed by atoms with van der Waals surface area (Å²) in [5.74, 6) is -1.29. The minimum absolute atomic E-state index is 0.108. The van der Waals surface area contributed by atoms with Crippen molar-refractivity contribution in [3.63, 3.8) is 0 Å². The maximum atomic E-state index is 13.1. The summed E-state index contributed by atoms with van der Waals surface area (Å²) in [6, 6.07) is 0. The fraction of sp³-hybridized carbons (Fsp3) is 0.955. The van der Waals surface area contributed by atoms with Crippen LogP contribution in [0.5, 0.6) is 0 Å². The van der Waals surface area contributed by atoms with E-state index in [-0.39, 0.29) is 25.7 Å². The van der Waals surface area contributed by atoms with Gasteiger partial charge in [0.1, 0.15) is 19.3 Å². The third kappa shape index (κ3) is 82.1. The molecule has 19 heteroatoms. The van der Waals surface area contributed by atoms with E-state index in [0.29, 0.717) is 25.7 Å². The predicted octanol–water partition coefficient (Wildman–Crippen LogP) is 27.5. The minimum atomic E-state index is -4.96. The molecule has 3 N–H and O–H groups in total. The number of hydrogen-bond donors (Lipinski definition) is 3. The van der Waals surface area contributed by atoms with Crippen LogP contribution in [0.3, 0.4) is 0 Å². The number of esters is 4. The normalized spacial score (nSPS) is 13.7. The van der Waals surface area contributed by atoms with Crippen LogP contribution in [0.2, 0.25) is 0 Å². The molecule has 0 bridgehead atoms. The monoisotopic (exact) mass is 1580 g/mol. The maximum absolute atomic E-state index is 13.1. The van der Waals surface area contributed by atoms with Gasteiger partial charge in [0.15, 0.2) is 12.2 Å². The van der Waals surface area contributed by atoms with Crippen LogP contribution < -0.4 is 0 Å². The average molecular weight is 1580 g/mol. The molecule has 5 atom stereocenters. The van der Waals surface area contributed by atoms with Crippen LogP contribution in [0.1, 0.15) is 484 Å². The van der Waals surface area contributed by atoms with E-state index in [1.165, 1.54) is 302 Å². The second kappa shape index (κ2) is 81.6. The van der Waals surface area contributed by atoms with Crippen molar-refractivity contribution in [2.75, 3.05) is 39.6 Å². The number of phosphoric ester groups is 2. The fourth-order valence-corrected chi connectivity index (χ4v) is 15.6. The molecular weight excluding hydrogens is 1400 g/mol. The summed E-state index contributed by atoms with van der Waals surface area (Å²) in [5, 5.41) is 10.7. The van der Waals surface area contributed by atoms with Gasteiger partial charge in [0.25, 0.3) is 0 Å². The van der Waals surface area contributed by atoms with Crippen LogP contribution in [0.4, 0.5) is 0 Å². The van der Waals surface area contributed by atoms with Gasteiger partial charge in [0, 0.05) is 25.7 Å². The van der Waals surface area contributed by atoms with Crippen LogP contribution in [0.15, 0.2) is 0 Å². The van der Waals surface area contributed by atoms with Gasteiger partial charge in [-0.05, 0) is 31.6 Å². The summed E-state index contributed by atoms with van der Waals surface area (Å²) in [7, 11) is -9.92. The Hall–Kier alpha value is -1.94. The molecule has 0 heterocycles. The van der Waals surface area contributed by atoms with Crippen LogP contribution in [-0.2, 0) is 65.4 Å². The first-order valence-corrected chi connectivity index (χ1v) is 49.1. The molecule has 0 saturated heterocycles. The molecule has 0 spiro atoms. The summed E-state index contributed by atoms with van der Waals surface area (Å²) < 4.78 is 68.7. The van der Waals surface area contributed by atoms with E-state index >= 15 is 0 Å². The van der Waals surface area contributed by atoms with E-state index in [9.17, 15) is 43.2 Å². The van der Waals surface area contributed by atoms with E-state index in [4.69, 9.17) is 37.0 Å². The first-order valence-electron chi connectivity index (χ1n) is 46.1. The molecule has 0 aromatic rings. The van der Waals surface area contributed by atoms with Crippen molar-refractivity contribution >= 4 is 39.5 Å². The molecule has 2 unspecified atom stereocenters.